The second kappa shape index (κ2) is 9.91. The number of hydrogen-bond acceptors (Lipinski definition) is 2. The fourth-order valence-corrected chi connectivity index (χ4v) is 5.01. The van der Waals surface area contributed by atoms with Gasteiger partial charge in [-0.05, 0) is 0 Å². The number of aliphatic hydroxyl groups excluding tert-OH is 1. The number of unbranched alkanes of at least 4 members (excludes halogenated alkanes) is 2. The van der Waals surface area contributed by atoms with E-state index in [1.54, 1.807) is 0 Å². The van der Waals surface area contributed by atoms with Crippen molar-refractivity contribution in [1.29, 1.82) is 0 Å². The minimum absolute atomic E-state index is 0.323. The Morgan fingerprint density at radius 3 is 2.00 bits per heavy atom. The summed E-state index contributed by atoms with van der Waals surface area (Å²) >= 11 is -0.516. The average Bonchev–Trinajstić information content (AvgIpc) is 2.24. The minimum atomic E-state index is -0.516. The summed E-state index contributed by atoms with van der Waals surface area (Å²) in [5, 5.41) is 19.2. The normalized spacial score (nSPS) is 12.0. The van der Waals surface area contributed by atoms with Gasteiger partial charge in [-0.25, -0.2) is 0 Å². The summed E-state index contributed by atoms with van der Waals surface area (Å²) in [5.41, 5.74) is -0.382. The predicted molar refractivity (Wildman–Crippen MR) is 66.5 cm³/mol. The molecule has 0 amide bonds. The van der Waals surface area contributed by atoms with E-state index in [1.165, 1.54) is 12.8 Å². The summed E-state index contributed by atoms with van der Waals surface area (Å²) in [4.78, 5) is 0. The molecular formula is C12H26O2Sn. The van der Waals surface area contributed by atoms with Crippen molar-refractivity contribution in [1.82, 2.24) is 0 Å². The van der Waals surface area contributed by atoms with Crippen molar-refractivity contribution in [2.75, 3.05) is 6.61 Å². The molecule has 0 bridgehead atoms. The molecule has 90 valence electrons. The third-order valence-electron chi connectivity index (χ3n) is 2.73. The molecule has 2 radical (unpaired) electrons. The van der Waals surface area contributed by atoms with Gasteiger partial charge in [0.25, 0.3) is 0 Å². The Kier molecular flexibility index (Phi) is 10.4. The van der Waals surface area contributed by atoms with E-state index >= 15 is 0 Å². The SMILES string of the molecule is CCCCC(O)(CCCC)[CH2][Sn][CH2]CO. The molecule has 0 aromatic heterocycles. The third-order valence-corrected chi connectivity index (χ3v) is 6.97. The van der Waals surface area contributed by atoms with E-state index in [4.69, 9.17) is 5.11 Å². The van der Waals surface area contributed by atoms with E-state index in [9.17, 15) is 5.11 Å². The first-order chi connectivity index (χ1) is 7.18. The van der Waals surface area contributed by atoms with Crippen molar-refractivity contribution in [3.63, 3.8) is 0 Å². The van der Waals surface area contributed by atoms with Crippen molar-refractivity contribution in [2.24, 2.45) is 0 Å². The van der Waals surface area contributed by atoms with Crippen LogP contribution in [-0.2, 0) is 0 Å². The third kappa shape index (κ3) is 8.52. The molecule has 0 saturated carbocycles. The molecule has 0 heterocycles. The molecule has 0 aromatic rings. The zero-order valence-corrected chi connectivity index (χ0v) is 13.1. The molecule has 0 atom stereocenters. The Morgan fingerprint density at radius 1 is 1.07 bits per heavy atom. The van der Waals surface area contributed by atoms with Gasteiger partial charge in [0.05, 0.1) is 0 Å². The number of hydrogen-bond donors (Lipinski definition) is 2. The van der Waals surface area contributed by atoms with Crippen molar-refractivity contribution >= 4 is 21.1 Å². The monoisotopic (exact) mass is 322 g/mol. The first kappa shape index (κ1) is 15.7. The maximum absolute atomic E-state index is 10.5. The van der Waals surface area contributed by atoms with E-state index in [2.05, 4.69) is 13.8 Å². The fraction of sp³-hybridized carbons (Fsp3) is 1.00. The van der Waals surface area contributed by atoms with Crippen molar-refractivity contribution in [2.45, 2.75) is 66.8 Å². The molecule has 0 spiro atoms. The van der Waals surface area contributed by atoms with Gasteiger partial charge in [-0.1, -0.05) is 0 Å². The standard InChI is InChI=1S/C10H21O.C2H5O.Sn/c1-4-6-8-10(3,11)9-7-5-2;1-2-3;/h11H,3-9H2,1-2H3;3H,1-2H2;. The van der Waals surface area contributed by atoms with Crippen LogP contribution >= 0.6 is 0 Å². The molecule has 0 unspecified atom stereocenters. The molecule has 15 heavy (non-hydrogen) atoms. The Labute approximate surface area is 105 Å². The van der Waals surface area contributed by atoms with Crippen LogP contribution in [0.4, 0.5) is 0 Å². The topological polar surface area (TPSA) is 40.5 Å². The molecule has 0 fully saturated rings. The van der Waals surface area contributed by atoms with E-state index < -0.39 is 21.1 Å². The van der Waals surface area contributed by atoms with Gasteiger partial charge < -0.3 is 0 Å². The Morgan fingerprint density at radius 2 is 1.60 bits per heavy atom. The van der Waals surface area contributed by atoms with Crippen LogP contribution in [0.3, 0.4) is 0 Å². The van der Waals surface area contributed by atoms with E-state index in [1.807, 2.05) is 0 Å². The summed E-state index contributed by atoms with van der Waals surface area (Å²) in [5.74, 6) is 0. The second-order valence-corrected chi connectivity index (χ2v) is 8.20. The van der Waals surface area contributed by atoms with Crippen LogP contribution in [0.2, 0.25) is 8.87 Å². The molecule has 0 aliphatic heterocycles. The molecule has 0 aliphatic carbocycles. The van der Waals surface area contributed by atoms with E-state index in [0.29, 0.717) is 6.61 Å². The molecular weight excluding hydrogens is 295 g/mol. The molecule has 0 aromatic carbocycles. The molecule has 3 heteroatoms. The first-order valence-corrected chi connectivity index (χ1v) is 10.3. The molecule has 0 rings (SSSR count). The van der Waals surface area contributed by atoms with Crippen LogP contribution in [0.5, 0.6) is 0 Å². The maximum atomic E-state index is 10.5. The number of rotatable bonds is 10. The van der Waals surface area contributed by atoms with Gasteiger partial charge >= 0.3 is 105 Å². The van der Waals surface area contributed by atoms with Crippen LogP contribution < -0.4 is 0 Å². The summed E-state index contributed by atoms with van der Waals surface area (Å²) in [6.07, 6.45) is 6.54. The zero-order chi connectivity index (χ0) is 11.6. The van der Waals surface area contributed by atoms with Crippen LogP contribution in [0.15, 0.2) is 0 Å². The van der Waals surface area contributed by atoms with Crippen molar-refractivity contribution < 1.29 is 10.2 Å². The van der Waals surface area contributed by atoms with Crippen molar-refractivity contribution in [3.05, 3.63) is 0 Å². The summed E-state index contributed by atoms with van der Waals surface area (Å²) in [6, 6.07) is 0. The number of aliphatic hydroxyl groups is 2. The van der Waals surface area contributed by atoms with Gasteiger partial charge in [-0.2, -0.15) is 0 Å². The molecule has 0 saturated heterocycles. The Hall–Kier alpha value is 0.719. The van der Waals surface area contributed by atoms with Crippen LogP contribution in [0, 0.1) is 0 Å². The van der Waals surface area contributed by atoms with Gasteiger partial charge in [-0.3, -0.25) is 0 Å². The quantitative estimate of drug-likeness (QED) is 0.480. The summed E-state index contributed by atoms with van der Waals surface area (Å²) in [6.45, 7) is 4.67. The van der Waals surface area contributed by atoms with Gasteiger partial charge in [0, 0.05) is 0 Å². The predicted octanol–water partition coefficient (Wildman–Crippen LogP) is 2.63. The van der Waals surface area contributed by atoms with Crippen LogP contribution in [-0.4, -0.2) is 43.6 Å². The van der Waals surface area contributed by atoms with Gasteiger partial charge in [0.1, 0.15) is 0 Å². The zero-order valence-electron chi connectivity index (χ0n) is 10.3. The van der Waals surface area contributed by atoms with E-state index in [-0.39, 0.29) is 5.60 Å². The molecule has 0 aliphatic rings. The molecule has 2 nitrogen and oxygen atoms in total. The van der Waals surface area contributed by atoms with Crippen molar-refractivity contribution in [3.8, 4) is 0 Å². The van der Waals surface area contributed by atoms with Crippen LogP contribution in [0.25, 0.3) is 0 Å². The van der Waals surface area contributed by atoms with Crippen LogP contribution in [0.1, 0.15) is 52.4 Å². The molecule has 2 N–H and O–H groups in total. The van der Waals surface area contributed by atoms with E-state index in [0.717, 1.165) is 34.6 Å². The summed E-state index contributed by atoms with van der Waals surface area (Å²) < 4.78 is 2.01. The average molecular weight is 321 g/mol. The van der Waals surface area contributed by atoms with Gasteiger partial charge in [-0.15, -0.1) is 0 Å². The first-order valence-electron chi connectivity index (χ1n) is 6.22. The Bertz CT molecular complexity index is 132. The van der Waals surface area contributed by atoms with Gasteiger partial charge in [0.15, 0.2) is 0 Å². The summed E-state index contributed by atoms with van der Waals surface area (Å²) in [7, 11) is 0. The second-order valence-electron chi connectivity index (χ2n) is 4.33. The van der Waals surface area contributed by atoms with Gasteiger partial charge in [0.2, 0.25) is 0 Å². The Balaban J connectivity index is 3.89. The fourth-order valence-electron chi connectivity index (χ4n) is 1.71.